The van der Waals surface area contributed by atoms with Crippen LogP contribution in [0, 0.1) is 11.8 Å². The van der Waals surface area contributed by atoms with Gasteiger partial charge in [-0.15, -0.1) is 0 Å². The van der Waals surface area contributed by atoms with Crippen molar-refractivity contribution < 1.29 is 14.7 Å². The molecule has 1 aliphatic heterocycles. The molecule has 104 valence electrons. The van der Waals surface area contributed by atoms with E-state index in [2.05, 4.69) is 13.2 Å². The summed E-state index contributed by atoms with van der Waals surface area (Å²) in [5.74, 6) is -2.13. The van der Waals surface area contributed by atoms with E-state index in [0.29, 0.717) is 24.2 Å². The number of carbonyl (C=O) groups excluding carboxylic acids is 1. The van der Waals surface area contributed by atoms with Gasteiger partial charge in [0.1, 0.15) is 0 Å². The van der Waals surface area contributed by atoms with E-state index in [1.54, 1.807) is 6.07 Å². The molecule has 0 radical (unpaired) electrons. The Hall–Kier alpha value is -1.72. The minimum absolute atomic E-state index is 0.153. The second-order valence-electron chi connectivity index (χ2n) is 4.91. The number of fused-ring (bicyclic) bond motifs is 1. The summed E-state index contributed by atoms with van der Waals surface area (Å²) in [5, 5.41) is 12.0. The molecule has 1 aromatic rings. The van der Waals surface area contributed by atoms with E-state index in [0.717, 1.165) is 12.1 Å². The summed E-state index contributed by atoms with van der Waals surface area (Å²) in [7, 11) is 0. The zero-order valence-electron chi connectivity index (χ0n) is 10.6. The first-order valence-electron chi connectivity index (χ1n) is 6.42. The van der Waals surface area contributed by atoms with Gasteiger partial charge in [0.15, 0.2) is 0 Å². The van der Waals surface area contributed by atoms with Crippen molar-refractivity contribution in [2.24, 2.45) is 19.8 Å². The molecule has 2 unspecified atom stereocenters. The number of rotatable bonds is 3. The first-order chi connectivity index (χ1) is 9.66. The number of anilines is 1. The molecule has 1 aromatic carbocycles. The van der Waals surface area contributed by atoms with Crippen LogP contribution < -0.4 is 5.32 Å². The van der Waals surface area contributed by atoms with Crippen LogP contribution in [0.4, 0.5) is 17.1 Å². The van der Waals surface area contributed by atoms with Crippen LogP contribution in [-0.2, 0) is 9.59 Å². The SMILES string of the molecule is O=C(O)C1CCCC1C(=O)Nc1cccc2c1N=[Se]=N2. The third-order valence-corrected chi connectivity index (χ3v) is 4.85. The third-order valence-electron chi connectivity index (χ3n) is 3.71. The number of carbonyl (C=O) groups is 2. The molecule has 0 saturated heterocycles. The average molecular weight is 338 g/mol. The predicted molar refractivity (Wildman–Crippen MR) is 73.5 cm³/mol. The van der Waals surface area contributed by atoms with Gasteiger partial charge < -0.3 is 0 Å². The molecule has 1 saturated carbocycles. The van der Waals surface area contributed by atoms with Gasteiger partial charge in [0.05, 0.1) is 0 Å². The van der Waals surface area contributed by atoms with Crippen molar-refractivity contribution >= 4 is 43.5 Å². The Kier molecular flexibility index (Phi) is 3.54. The van der Waals surface area contributed by atoms with Crippen molar-refractivity contribution in [1.82, 2.24) is 0 Å². The Morgan fingerprint density at radius 3 is 2.85 bits per heavy atom. The molecule has 6 nitrogen and oxygen atoms in total. The molecule has 2 atom stereocenters. The number of carboxylic acid groups (broad SMARTS) is 1. The molecular formula is C13H13N3O3Se. The number of nitrogens with zero attached hydrogens (tertiary/aromatic N) is 2. The van der Waals surface area contributed by atoms with E-state index in [1.165, 1.54) is 0 Å². The number of benzene rings is 1. The van der Waals surface area contributed by atoms with Gasteiger partial charge in [-0.3, -0.25) is 0 Å². The molecule has 7 heteroatoms. The van der Waals surface area contributed by atoms with Crippen molar-refractivity contribution in [1.29, 1.82) is 0 Å². The van der Waals surface area contributed by atoms with Crippen LogP contribution in [0.3, 0.4) is 0 Å². The first kappa shape index (κ1) is 13.3. The second kappa shape index (κ2) is 5.34. The van der Waals surface area contributed by atoms with Gasteiger partial charge in [0.2, 0.25) is 0 Å². The van der Waals surface area contributed by atoms with Crippen molar-refractivity contribution in [2.75, 3.05) is 5.32 Å². The van der Waals surface area contributed by atoms with E-state index >= 15 is 0 Å². The number of amides is 1. The zero-order chi connectivity index (χ0) is 14.1. The molecule has 0 spiro atoms. The molecule has 1 fully saturated rings. The van der Waals surface area contributed by atoms with Gasteiger partial charge in [-0.2, -0.15) is 0 Å². The van der Waals surface area contributed by atoms with Gasteiger partial charge in [-0.1, -0.05) is 0 Å². The van der Waals surface area contributed by atoms with Crippen LogP contribution in [-0.4, -0.2) is 31.6 Å². The van der Waals surface area contributed by atoms with Gasteiger partial charge in [0.25, 0.3) is 0 Å². The average Bonchev–Trinajstić information content (AvgIpc) is 3.08. The number of hydrogen-bond donors (Lipinski definition) is 2. The maximum absolute atomic E-state index is 12.3. The summed E-state index contributed by atoms with van der Waals surface area (Å²) in [6.45, 7) is 0. The standard InChI is InChI=1S/C13H13N3O3Se/c17-12(7-3-1-4-8(7)13(18)19)14-9-5-2-6-10-11(9)16-20-15-10/h2,5-8H,1,3-4H2,(H,14,17)(H,18,19). The van der Waals surface area contributed by atoms with Gasteiger partial charge in [-0.25, -0.2) is 0 Å². The number of carboxylic acids is 1. The quantitative estimate of drug-likeness (QED) is 0.842. The summed E-state index contributed by atoms with van der Waals surface area (Å²) >= 11 is -0.153. The Bertz CT molecular complexity index is 652. The molecule has 1 amide bonds. The Balaban J connectivity index is 1.79. The molecule has 0 bridgehead atoms. The topological polar surface area (TPSA) is 91.1 Å². The van der Waals surface area contributed by atoms with Crippen LogP contribution in [0.15, 0.2) is 26.1 Å². The number of hydrogen-bond acceptors (Lipinski definition) is 4. The molecular weight excluding hydrogens is 325 g/mol. The number of nitrogens with one attached hydrogen (secondary N) is 1. The summed E-state index contributed by atoms with van der Waals surface area (Å²) in [4.78, 5) is 23.4. The Morgan fingerprint density at radius 1 is 1.25 bits per heavy atom. The van der Waals surface area contributed by atoms with Crippen molar-refractivity contribution in [3.8, 4) is 0 Å². The predicted octanol–water partition coefficient (Wildman–Crippen LogP) is 2.47. The van der Waals surface area contributed by atoms with E-state index < -0.39 is 17.8 Å². The molecule has 0 aromatic heterocycles. The van der Waals surface area contributed by atoms with E-state index in [1.807, 2.05) is 12.1 Å². The van der Waals surface area contributed by atoms with E-state index in [-0.39, 0.29) is 20.5 Å². The fourth-order valence-electron chi connectivity index (χ4n) is 2.70. The minimum atomic E-state index is -0.885. The molecule has 2 aliphatic rings. The normalized spacial score (nSPS) is 23.2. The van der Waals surface area contributed by atoms with Gasteiger partial charge in [-0.05, 0) is 0 Å². The monoisotopic (exact) mass is 339 g/mol. The van der Waals surface area contributed by atoms with Gasteiger partial charge >= 0.3 is 121 Å². The van der Waals surface area contributed by atoms with Crippen LogP contribution in [0.5, 0.6) is 0 Å². The molecule has 1 aliphatic carbocycles. The van der Waals surface area contributed by atoms with Crippen LogP contribution in [0.25, 0.3) is 0 Å². The Morgan fingerprint density at radius 2 is 2.05 bits per heavy atom. The number of aliphatic carboxylic acids is 1. The fourth-order valence-corrected chi connectivity index (χ4v) is 3.86. The molecule has 2 N–H and O–H groups in total. The van der Waals surface area contributed by atoms with E-state index in [9.17, 15) is 9.59 Å². The van der Waals surface area contributed by atoms with Crippen molar-refractivity contribution in [3.63, 3.8) is 0 Å². The van der Waals surface area contributed by atoms with Crippen LogP contribution in [0.1, 0.15) is 19.3 Å². The molecule has 20 heavy (non-hydrogen) atoms. The first-order valence-corrected chi connectivity index (χ1v) is 7.95. The summed E-state index contributed by atoms with van der Waals surface area (Å²) in [6.07, 6.45) is 1.98. The van der Waals surface area contributed by atoms with Crippen LogP contribution in [0.2, 0.25) is 0 Å². The molecule has 1 heterocycles. The van der Waals surface area contributed by atoms with Crippen molar-refractivity contribution in [2.45, 2.75) is 19.3 Å². The second-order valence-corrected chi connectivity index (χ2v) is 6.02. The fraction of sp³-hybridized carbons (Fsp3) is 0.385. The maximum atomic E-state index is 12.3. The van der Waals surface area contributed by atoms with E-state index in [4.69, 9.17) is 5.11 Å². The summed E-state index contributed by atoms with van der Waals surface area (Å²) in [6, 6.07) is 5.46. The molecule has 3 rings (SSSR count). The zero-order valence-corrected chi connectivity index (χ0v) is 12.3. The Labute approximate surface area is 121 Å². The summed E-state index contributed by atoms with van der Waals surface area (Å²) < 4.78 is 8.56. The van der Waals surface area contributed by atoms with Crippen LogP contribution >= 0.6 is 0 Å². The van der Waals surface area contributed by atoms with Crippen molar-refractivity contribution in [3.05, 3.63) is 18.2 Å². The summed E-state index contributed by atoms with van der Waals surface area (Å²) in [5.41, 5.74) is 2.14. The third kappa shape index (κ3) is 2.34. The van der Waals surface area contributed by atoms with Gasteiger partial charge in [0, 0.05) is 0 Å².